The number of carbonyl (C=O) groups excluding carboxylic acids is 4. The Balaban J connectivity index is 5.69. The van der Waals surface area contributed by atoms with Gasteiger partial charge in [0.1, 0.15) is 30.2 Å². The molecule has 0 heterocycles. The first-order valence-electron chi connectivity index (χ1n) is 12.9. The van der Waals surface area contributed by atoms with Gasteiger partial charge in [0.2, 0.25) is 23.6 Å². The number of carboxylic acid groups (broad SMARTS) is 2. The molecule has 0 saturated heterocycles. The first kappa shape index (κ1) is 36.6. The van der Waals surface area contributed by atoms with Crippen molar-refractivity contribution >= 4 is 35.6 Å². The summed E-state index contributed by atoms with van der Waals surface area (Å²) in [7, 11) is 0. The van der Waals surface area contributed by atoms with E-state index in [1.165, 1.54) is 6.92 Å². The third kappa shape index (κ3) is 14.1. The van der Waals surface area contributed by atoms with Gasteiger partial charge in [-0.3, -0.25) is 24.0 Å². The van der Waals surface area contributed by atoms with Crippen LogP contribution in [-0.4, -0.2) is 112 Å². The van der Waals surface area contributed by atoms with Crippen LogP contribution in [-0.2, 0) is 28.8 Å². The standard InChI is InChI=1S/C23H43N7O10/c1-12(32)18(26)22(38)30-16(11-31)21(37)29-15(10-17(33)34)20(36)27-13(6-2-4-8-24)19(35)28-14(23(39)40)7-3-5-9-25/h12-16,18,31-32H,2-11,24-26H2,1H3,(H,27,36)(H,28,35)(H,29,37)(H,30,38)(H,33,34)(H,39,40)/t12-,13+,14+,15+,16+,18+/m1/s1. The molecule has 230 valence electrons. The van der Waals surface area contributed by atoms with Gasteiger partial charge in [-0.25, -0.2) is 4.79 Å². The molecule has 0 rings (SSSR count). The van der Waals surface area contributed by atoms with E-state index in [2.05, 4.69) is 21.3 Å². The fourth-order valence-electron chi connectivity index (χ4n) is 3.39. The summed E-state index contributed by atoms with van der Waals surface area (Å²) in [6, 6.07) is -7.37. The Bertz CT molecular complexity index is 858. The number of unbranched alkanes of at least 4 members (excludes halogenated alkanes) is 2. The van der Waals surface area contributed by atoms with Crippen molar-refractivity contribution in [2.75, 3.05) is 19.7 Å². The molecular formula is C23H43N7O10. The van der Waals surface area contributed by atoms with Gasteiger partial charge in [-0.15, -0.1) is 0 Å². The lowest BCUT2D eigenvalue weighted by Gasteiger charge is -2.25. The van der Waals surface area contributed by atoms with Crippen molar-refractivity contribution in [3.63, 3.8) is 0 Å². The lowest BCUT2D eigenvalue weighted by Crippen LogP contribution is -2.60. The molecule has 0 aromatic heterocycles. The summed E-state index contributed by atoms with van der Waals surface area (Å²) < 4.78 is 0. The van der Waals surface area contributed by atoms with Gasteiger partial charge < -0.3 is 58.9 Å². The van der Waals surface area contributed by atoms with E-state index >= 15 is 0 Å². The fourth-order valence-corrected chi connectivity index (χ4v) is 3.39. The lowest BCUT2D eigenvalue weighted by atomic mass is 10.0. The van der Waals surface area contributed by atoms with Crippen LogP contribution in [0.3, 0.4) is 0 Å². The molecule has 0 aliphatic rings. The number of aliphatic carboxylic acids is 2. The zero-order valence-corrected chi connectivity index (χ0v) is 22.5. The highest BCUT2D eigenvalue weighted by atomic mass is 16.4. The van der Waals surface area contributed by atoms with Crippen molar-refractivity contribution in [2.24, 2.45) is 17.2 Å². The molecule has 0 aromatic carbocycles. The Morgan fingerprint density at radius 2 is 1.10 bits per heavy atom. The first-order valence-corrected chi connectivity index (χ1v) is 12.9. The Morgan fingerprint density at radius 1 is 0.675 bits per heavy atom. The topological polar surface area (TPSA) is 310 Å². The van der Waals surface area contributed by atoms with Gasteiger partial charge in [0.25, 0.3) is 0 Å². The van der Waals surface area contributed by atoms with E-state index in [9.17, 15) is 49.2 Å². The number of carboxylic acids is 2. The third-order valence-electron chi connectivity index (χ3n) is 5.79. The van der Waals surface area contributed by atoms with Crippen LogP contribution in [0.5, 0.6) is 0 Å². The van der Waals surface area contributed by atoms with E-state index in [1.54, 1.807) is 0 Å². The number of rotatable bonds is 21. The zero-order chi connectivity index (χ0) is 30.8. The Hall–Kier alpha value is -3.38. The second-order valence-corrected chi connectivity index (χ2v) is 9.20. The van der Waals surface area contributed by atoms with Crippen LogP contribution in [0.15, 0.2) is 0 Å². The Morgan fingerprint density at radius 3 is 1.55 bits per heavy atom. The quantitative estimate of drug-likeness (QED) is 0.0573. The predicted molar refractivity (Wildman–Crippen MR) is 140 cm³/mol. The molecule has 0 aliphatic heterocycles. The van der Waals surface area contributed by atoms with Crippen LogP contribution >= 0.6 is 0 Å². The minimum absolute atomic E-state index is 0.0319. The van der Waals surface area contributed by atoms with E-state index in [-0.39, 0.29) is 19.4 Å². The smallest absolute Gasteiger partial charge is 0.326 e. The second kappa shape index (κ2) is 19.6. The molecule has 0 unspecified atom stereocenters. The molecule has 0 saturated carbocycles. The highest BCUT2D eigenvalue weighted by molar-refractivity contribution is 5.96. The van der Waals surface area contributed by atoms with E-state index < -0.39 is 84.9 Å². The summed E-state index contributed by atoms with van der Waals surface area (Å²) in [6.45, 7) is 0.896. The molecule has 0 aliphatic carbocycles. The maximum absolute atomic E-state index is 13.0. The molecule has 0 bridgehead atoms. The number of amides is 4. The number of hydrogen-bond acceptors (Lipinski definition) is 11. The molecule has 0 radical (unpaired) electrons. The number of carbonyl (C=O) groups is 6. The highest BCUT2D eigenvalue weighted by Gasteiger charge is 2.33. The van der Waals surface area contributed by atoms with Gasteiger partial charge >= 0.3 is 11.9 Å². The summed E-state index contributed by atoms with van der Waals surface area (Å²) in [6.07, 6.45) is -0.293. The summed E-state index contributed by atoms with van der Waals surface area (Å²) in [5.74, 6) is -6.82. The summed E-state index contributed by atoms with van der Waals surface area (Å²) >= 11 is 0. The van der Waals surface area contributed by atoms with Crippen LogP contribution in [0.25, 0.3) is 0 Å². The maximum atomic E-state index is 13.0. The van der Waals surface area contributed by atoms with Crippen molar-refractivity contribution in [2.45, 2.75) is 88.2 Å². The van der Waals surface area contributed by atoms with E-state index in [0.29, 0.717) is 32.2 Å². The summed E-state index contributed by atoms with van der Waals surface area (Å²) in [4.78, 5) is 73.6. The fraction of sp³-hybridized carbons (Fsp3) is 0.739. The van der Waals surface area contributed by atoms with E-state index in [1.807, 2.05) is 0 Å². The number of nitrogens with one attached hydrogen (secondary N) is 4. The molecule has 14 N–H and O–H groups in total. The Kier molecular flexibility index (Phi) is 18.0. The average molecular weight is 578 g/mol. The third-order valence-corrected chi connectivity index (χ3v) is 5.79. The van der Waals surface area contributed by atoms with Crippen LogP contribution in [0.2, 0.25) is 0 Å². The number of nitrogens with two attached hydrogens (primary N) is 3. The Labute approximate surface area is 231 Å². The van der Waals surface area contributed by atoms with Crippen molar-refractivity contribution in [3.8, 4) is 0 Å². The van der Waals surface area contributed by atoms with Gasteiger partial charge in [0.15, 0.2) is 0 Å². The largest absolute Gasteiger partial charge is 0.481 e. The first-order chi connectivity index (χ1) is 18.8. The van der Waals surface area contributed by atoms with Crippen LogP contribution < -0.4 is 38.5 Å². The molecule has 40 heavy (non-hydrogen) atoms. The minimum atomic E-state index is -1.74. The van der Waals surface area contributed by atoms with Gasteiger partial charge in [0, 0.05) is 0 Å². The monoisotopic (exact) mass is 577 g/mol. The highest BCUT2D eigenvalue weighted by Crippen LogP contribution is 2.07. The van der Waals surface area contributed by atoms with Crippen LogP contribution in [0, 0.1) is 0 Å². The van der Waals surface area contributed by atoms with Crippen LogP contribution in [0.4, 0.5) is 0 Å². The number of aliphatic hydroxyl groups is 2. The molecule has 17 nitrogen and oxygen atoms in total. The van der Waals surface area contributed by atoms with Gasteiger partial charge in [0.05, 0.1) is 19.1 Å². The SMILES string of the molecule is C[C@@H](O)[C@H](N)C(=O)N[C@@H](CO)C(=O)N[C@@H](CC(=O)O)C(=O)N[C@@H](CCCCN)C(=O)N[C@@H](CCCCN)C(=O)O. The van der Waals surface area contributed by atoms with E-state index in [0.717, 1.165) is 0 Å². The van der Waals surface area contributed by atoms with Gasteiger partial charge in [-0.05, 0) is 58.5 Å². The molecule has 17 heteroatoms. The molecule has 0 fully saturated rings. The number of aliphatic hydroxyl groups excluding tert-OH is 2. The summed E-state index contributed by atoms with van der Waals surface area (Å²) in [5.41, 5.74) is 16.4. The minimum Gasteiger partial charge on any atom is -0.481 e. The van der Waals surface area contributed by atoms with Crippen LogP contribution in [0.1, 0.15) is 51.9 Å². The normalized spacial score (nSPS) is 15.4. The van der Waals surface area contributed by atoms with Gasteiger partial charge in [-0.2, -0.15) is 0 Å². The zero-order valence-electron chi connectivity index (χ0n) is 22.5. The average Bonchev–Trinajstić information content (AvgIpc) is 2.88. The summed E-state index contributed by atoms with van der Waals surface area (Å²) in [5, 5.41) is 46.6. The molecule has 4 amide bonds. The number of hydrogen-bond donors (Lipinski definition) is 11. The predicted octanol–water partition coefficient (Wildman–Crippen LogP) is -4.56. The molecule has 0 aromatic rings. The van der Waals surface area contributed by atoms with Crippen molar-refractivity contribution in [1.29, 1.82) is 0 Å². The second-order valence-electron chi connectivity index (χ2n) is 9.20. The van der Waals surface area contributed by atoms with Gasteiger partial charge in [-0.1, -0.05) is 0 Å². The van der Waals surface area contributed by atoms with Crippen molar-refractivity contribution in [3.05, 3.63) is 0 Å². The molecule has 6 atom stereocenters. The molecule has 0 spiro atoms. The maximum Gasteiger partial charge on any atom is 0.326 e. The molecular weight excluding hydrogens is 534 g/mol. The van der Waals surface area contributed by atoms with Crippen molar-refractivity contribution in [1.82, 2.24) is 21.3 Å². The van der Waals surface area contributed by atoms with Crippen molar-refractivity contribution < 1.29 is 49.2 Å². The lowest BCUT2D eigenvalue weighted by molar-refractivity contribution is -0.143. The van der Waals surface area contributed by atoms with E-state index in [4.69, 9.17) is 17.2 Å².